The van der Waals surface area contributed by atoms with Gasteiger partial charge in [-0.05, 0) is 40.5 Å². The highest BCUT2D eigenvalue weighted by molar-refractivity contribution is 5.87. The molecule has 0 spiro atoms. The van der Waals surface area contributed by atoms with E-state index in [1.54, 1.807) is 34.6 Å². The molecule has 23 heavy (non-hydrogen) atoms. The van der Waals surface area contributed by atoms with Crippen LogP contribution in [0.25, 0.3) is 0 Å². The molecule has 0 aromatic heterocycles. The molecule has 7 nitrogen and oxygen atoms in total. The Hall–Kier alpha value is -1.79. The average Bonchev–Trinajstić information content (AvgIpc) is 2.32. The van der Waals surface area contributed by atoms with Crippen LogP contribution in [0.2, 0.25) is 0 Å². The molecule has 0 aromatic carbocycles. The van der Waals surface area contributed by atoms with Crippen LogP contribution in [0, 0.1) is 5.92 Å². The second kappa shape index (κ2) is 8.74. The summed E-state index contributed by atoms with van der Waals surface area (Å²) in [6.45, 7) is 12.7. The van der Waals surface area contributed by atoms with Crippen LogP contribution in [-0.4, -0.2) is 42.3 Å². The van der Waals surface area contributed by atoms with Crippen LogP contribution in [0.15, 0.2) is 0 Å². The number of carbonyl (C=O) groups is 3. The third-order valence-electron chi connectivity index (χ3n) is 2.53. The van der Waals surface area contributed by atoms with E-state index in [-0.39, 0.29) is 24.8 Å². The zero-order valence-electron chi connectivity index (χ0n) is 15.2. The summed E-state index contributed by atoms with van der Waals surface area (Å²) in [6, 6.07) is 0. The van der Waals surface area contributed by atoms with Crippen molar-refractivity contribution in [2.24, 2.45) is 5.92 Å². The van der Waals surface area contributed by atoms with Gasteiger partial charge in [0, 0.05) is 13.0 Å². The van der Waals surface area contributed by atoms with Crippen molar-refractivity contribution in [3.8, 4) is 0 Å². The average molecular weight is 330 g/mol. The standard InChI is InChI=1S/C16H30N2O5/c1-11(2)10-22-13(20)16(6,7)18-12(19)8-9-17-14(21)23-15(3,4)5/h11H,8-10H2,1-7H3,(H,17,21)(H,18,19). The van der Waals surface area contributed by atoms with Crippen molar-refractivity contribution in [2.75, 3.05) is 13.2 Å². The first kappa shape index (κ1) is 21.2. The second-order valence-electron chi connectivity index (χ2n) is 7.34. The molecule has 0 aliphatic carbocycles. The number of hydrogen-bond acceptors (Lipinski definition) is 5. The molecule has 2 amide bonds. The van der Waals surface area contributed by atoms with Gasteiger partial charge in [0.15, 0.2) is 0 Å². The third kappa shape index (κ3) is 10.5. The summed E-state index contributed by atoms with van der Waals surface area (Å²) in [5.74, 6) is -0.615. The minimum Gasteiger partial charge on any atom is -0.464 e. The van der Waals surface area contributed by atoms with Crippen LogP contribution in [0.3, 0.4) is 0 Å². The molecule has 0 aromatic rings. The highest BCUT2D eigenvalue weighted by Gasteiger charge is 2.31. The normalized spacial score (nSPS) is 11.8. The van der Waals surface area contributed by atoms with Crippen molar-refractivity contribution in [1.82, 2.24) is 10.6 Å². The van der Waals surface area contributed by atoms with Gasteiger partial charge in [-0.15, -0.1) is 0 Å². The van der Waals surface area contributed by atoms with Crippen LogP contribution < -0.4 is 10.6 Å². The molecule has 0 radical (unpaired) electrons. The Bertz CT molecular complexity index is 425. The fraction of sp³-hybridized carbons (Fsp3) is 0.812. The second-order valence-corrected chi connectivity index (χ2v) is 7.34. The third-order valence-corrected chi connectivity index (χ3v) is 2.53. The van der Waals surface area contributed by atoms with E-state index in [4.69, 9.17) is 9.47 Å². The molecule has 0 aliphatic rings. The monoisotopic (exact) mass is 330 g/mol. The lowest BCUT2D eigenvalue weighted by Crippen LogP contribution is -2.51. The van der Waals surface area contributed by atoms with E-state index in [0.29, 0.717) is 6.61 Å². The van der Waals surface area contributed by atoms with Gasteiger partial charge < -0.3 is 20.1 Å². The van der Waals surface area contributed by atoms with Crippen molar-refractivity contribution >= 4 is 18.0 Å². The molecule has 0 bridgehead atoms. The zero-order chi connectivity index (χ0) is 18.3. The van der Waals surface area contributed by atoms with Gasteiger partial charge in [-0.1, -0.05) is 13.8 Å². The van der Waals surface area contributed by atoms with Crippen molar-refractivity contribution in [1.29, 1.82) is 0 Å². The number of nitrogens with one attached hydrogen (secondary N) is 2. The summed E-state index contributed by atoms with van der Waals surface area (Å²) in [5, 5.41) is 5.08. The minimum atomic E-state index is -1.11. The van der Waals surface area contributed by atoms with Gasteiger partial charge in [0.2, 0.25) is 5.91 Å². The smallest absolute Gasteiger partial charge is 0.407 e. The number of ether oxygens (including phenoxy) is 2. The number of amides is 2. The Morgan fingerprint density at radius 2 is 1.61 bits per heavy atom. The van der Waals surface area contributed by atoms with Gasteiger partial charge in [-0.2, -0.15) is 0 Å². The van der Waals surface area contributed by atoms with Crippen molar-refractivity contribution in [3.63, 3.8) is 0 Å². The minimum absolute atomic E-state index is 0.0418. The highest BCUT2D eigenvalue weighted by Crippen LogP contribution is 2.08. The number of carbonyl (C=O) groups excluding carboxylic acids is 3. The number of hydrogen-bond donors (Lipinski definition) is 2. The van der Waals surface area contributed by atoms with Gasteiger partial charge in [0.25, 0.3) is 0 Å². The molecule has 0 heterocycles. The fourth-order valence-electron chi connectivity index (χ4n) is 1.48. The molecular weight excluding hydrogens is 300 g/mol. The van der Waals surface area contributed by atoms with Crippen molar-refractivity contribution in [2.45, 2.75) is 66.0 Å². The number of esters is 1. The Morgan fingerprint density at radius 3 is 2.09 bits per heavy atom. The Kier molecular flexibility index (Phi) is 8.06. The van der Waals surface area contributed by atoms with Gasteiger partial charge in [-0.25, -0.2) is 9.59 Å². The van der Waals surface area contributed by atoms with E-state index in [1.807, 2.05) is 13.8 Å². The molecule has 134 valence electrons. The number of rotatable bonds is 7. The van der Waals surface area contributed by atoms with E-state index >= 15 is 0 Å². The Morgan fingerprint density at radius 1 is 1.04 bits per heavy atom. The molecule has 0 atom stereocenters. The van der Waals surface area contributed by atoms with Crippen LogP contribution in [0.4, 0.5) is 4.79 Å². The fourth-order valence-corrected chi connectivity index (χ4v) is 1.48. The number of alkyl carbamates (subject to hydrolysis) is 1. The van der Waals surface area contributed by atoms with E-state index < -0.39 is 23.2 Å². The van der Waals surface area contributed by atoms with Crippen molar-refractivity contribution in [3.05, 3.63) is 0 Å². The van der Waals surface area contributed by atoms with Crippen LogP contribution >= 0.6 is 0 Å². The first-order valence-corrected chi connectivity index (χ1v) is 7.78. The molecule has 0 saturated carbocycles. The van der Waals surface area contributed by atoms with E-state index in [2.05, 4.69) is 10.6 Å². The topological polar surface area (TPSA) is 93.7 Å². The van der Waals surface area contributed by atoms with Crippen LogP contribution in [0.5, 0.6) is 0 Å². The molecule has 0 unspecified atom stereocenters. The molecule has 0 rings (SSSR count). The van der Waals surface area contributed by atoms with Gasteiger partial charge in [0.05, 0.1) is 6.61 Å². The maximum atomic E-state index is 11.9. The lowest BCUT2D eigenvalue weighted by atomic mass is 10.1. The summed E-state index contributed by atoms with van der Waals surface area (Å²) in [4.78, 5) is 35.2. The predicted octanol–water partition coefficient (Wildman–Crippen LogP) is 2.00. The van der Waals surface area contributed by atoms with Crippen molar-refractivity contribution < 1.29 is 23.9 Å². The molecule has 0 saturated heterocycles. The Balaban J connectivity index is 4.18. The summed E-state index contributed by atoms with van der Waals surface area (Å²) in [7, 11) is 0. The predicted molar refractivity (Wildman–Crippen MR) is 86.9 cm³/mol. The first-order valence-electron chi connectivity index (χ1n) is 7.78. The molecule has 0 aliphatic heterocycles. The molecule has 2 N–H and O–H groups in total. The largest absolute Gasteiger partial charge is 0.464 e. The van der Waals surface area contributed by atoms with E-state index in [9.17, 15) is 14.4 Å². The SMILES string of the molecule is CC(C)COC(=O)C(C)(C)NC(=O)CCNC(=O)OC(C)(C)C. The lowest BCUT2D eigenvalue weighted by Gasteiger charge is -2.24. The van der Waals surface area contributed by atoms with Gasteiger partial charge in [0.1, 0.15) is 11.1 Å². The first-order chi connectivity index (χ1) is 10.3. The van der Waals surface area contributed by atoms with Gasteiger partial charge in [-0.3, -0.25) is 4.79 Å². The van der Waals surface area contributed by atoms with Crippen LogP contribution in [-0.2, 0) is 19.1 Å². The van der Waals surface area contributed by atoms with E-state index in [0.717, 1.165) is 0 Å². The van der Waals surface area contributed by atoms with E-state index in [1.165, 1.54) is 0 Å². The summed E-state index contributed by atoms with van der Waals surface area (Å²) < 4.78 is 10.2. The Labute approximate surface area is 138 Å². The van der Waals surface area contributed by atoms with Gasteiger partial charge >= 0.3 is 12.1 Å². The highest BCUT2D eigenvalue weighted by atomic mass is 16.6. The maximum Gasteiger partial charge on any atom is 0.407 e. The molecule has 7 heteroatoms. The summed E-state index contributed by atoms with van der Waals surface area (Å²) in [5.41, 5.74) is -1.70. The summed E-state index contributed by atoms with van der Waals surface area (Å²) in [6.07, 6.45) is -0.541. The lowest BCUT2D eigenvalue weighted by molar-refractivity contribution is -0.153. The molecule has 0 fully saturated rings. The molecular formula is C16H30N2O5. The quantitative estimate of drug-likeness (QED) is 0.696. The summed E-state index contributed by atoms with van der Waals surface area (Å²) >= 11 is 0. The van der Waals surface area contributed by atoms with Crippen LogP contribution in [0.1, 0.15) is 54.9 Å². The maximum absolute atomic E-state index is 11.9. The zero-order valence-corrected chi connectivity index (χ0v) is 15.2.